The van der Waals surface area contributed by atoms with Gasteiger partial charge in [0.1, 0.15) is 0 Å². The molecule has 0 aliphatic carbocycles. The highest BCUT2D eigenvalue weighted by atomic mass is 16.3. The summed E-state index contributed by atoms with van der Waals surface area (Å²) in [5, 5.41) is 9.70. The third-order valence-electron chi connectivity index (χ3n) is 2.15. The monoisotopic (exact) mass is 176 g/mol. The molecule has 0 aromatic heterocycles. The second-order valence-electron chi connectivity index (χ2n) is 3.45. The van der Waals surface area contributed by atoms with Crippen molar-refractivity contribution in [2.45, 2.75) is 25.9 Å². The Hall–Kier alpha value is -1.08. The molecule has 1 unspecified atom stereocenters. The molecular weight excluding hydrogens is 160 g/mol. The number of benzene rings is 1. The van der Waals surface area contributed by atoms with Gasteiger partial charge in [0.2, 0.25) is 0 Å². The summed E-state index contributed by atoms with van der Waals surface area (Å²) in [4.78, 5) is 0. The van der Waals surface area contributed by atoms with Crippen LogP contribution in [0.1, 0.15) is 25.8 Å². The molecule has 1 N–H and O–H groups in total. The highest BCUT2D eigenvalue weighted by Crippen LogP contribution is 2.12. The molecule has 1 nitrogen and oxygen atoms in total. The maximum atomic E-state index is 9.70. The van der Waals surface area contributed by atoms with Crippen LogP contribution in [-0.4, -0.2) is 10.7 Å². The van der Waals surface area contributed by atoms with Crippen molar-refractivity contribution in [1.82, 2.24) is 0 Å². The van der Waals surface area contributed by atoms with Crippen molar-refractivity contribution in [3.63, 3.8) is 0 Å². The smallest absolute Gasteiger partial charge is 0.0800 e. The van der Waals surface area contributed by atoms with Crippen LogP contribution in [-0.2, 0) is 0 Å². The van der Waals surface area contributed by atoms with Crippen molar-refractivity contribution in [3.8, 4) is 0 Å². The minimum atomic E-state index is -0.685. The number of aliphatic hydroxyl groups is 1. The highest BCUT2D eigenvalue weighted by molar-refractivity contribution is 5.49. The summed E-state index contributed by atoms with van der Waals surface area (Å²) in [6.45, 7) is 3.78. The Morgan fingerprint density at radius 3 is 2.46 bits per heavy atom. The number of hydrogen-bond donors (Lipinski definition) is 1. The van der Waals surface area contributed by atoms with E-state index in [1.165, 1.54) is 0 Å². The van der Waals surface area contributed by atoms with E-state index in [0.29, 0.717) is 0 Å². The maximum Gasteiger partial charge on any atom is 0.0800 e. The van der Waals surface area contributed by atoms with Crippen LogP contribution < -0.4 is 0 Å². The third-order valence-corrected chi connectivity index (χ3v) is 2.15. The van der Waals surface area contributed by atoms with Gasteiger partial charge in [0.15, 0.2) is 0 Å². The molecule has 1 aromatic carbocycles. The summed E-state index contributed by atoms with van der Waals surface area (Å²) in [5.74, 6) is 0. The van der Waals surface area contributed by atoms with Gasteiger partial charge in [0.25, 0.3) is 0 Å². The molecule has 0 fully saturated rings. The van der Waals surface area contributed by atoms with Gasteiger partial charge in [0.05, 0.1) is 5.60 Å². The van der Waals surface area contributed by atoms with E-state index >= 15 is 0 Å². The summed E-state index contributed by atoms with van der Waals surface area (Å²) >= 11 is 0. The van der Waals surface area contributed by atoms with Crippen LogP contribution in [0.2, 0.25) is 0 Å². The van der Waals surface area contributed by atoms with Gasteiger partial charge in [-0.3, -0.25) is 0 Å². The second-order valence-corrected chi connectivity index (χ2v) is 3.45. The second kappa shape index (κ2) is 4.24. The van der Waals surface area contributed by atoms with E-state index in [1.807, 2.05) is 56.3 Å². The zero-order valence-electron chi connectivity index (χ0n) is 8.20. The van der Waals surface area contributed by atoms with E-state index in [9.17, 15) is 5.11 Å². The van der Waals surface area contributed by atoms with E-state index in [1.54, 1.807) is 0 Å². The lowest BCUT2D eigenvalue weighted by atomic mass is 10.0. The minimum Gasteiger partial charge on any atom is -0.386 e. The Labute approximate surface area is 79.7 Å². The maximum absolute atomic E-state index is 9.70. The summed E-state index contributed by atoms with van der Waals surface area (Å²) in [5.41, 5.74) is 0.437. The van der Waals surface area contributed by atoms with Crippen LogP contribution in [0.5, 0.6) is 0 Å². The fourth-order valence-electron chi connectivity index (χ4n) is 0.958. The lowest BCUT2D eigenvalue weighted by molar-refractivity contribution is 0.108. The van der Waals surface area contributed by atoms with E-state index in [2.05, 4.69) is 0 Å². The molecule has 0 heterocycles. The van der Waals surface area contributed by atoms with Crippen molar-refractivity contribution < 1.29 is 5.11 Å². The number of hydrogen-bond acceptors (Lipinski definition) is 1. The van der Waals surface area contributed by atoms with Crippen LogP contribution in [0.3, 0.4) is 0 Å². The Morgan fingerprint density at radius 2 is 1.92 bits per heavy atom. The van der Waals surface area contributed by atoms with Crippen LogP contribution in [0.25, 0.3) is 6.08 Å². The van der Waals surface area contributed by atoms with E-state index in [-0.39, 0.29) is 0 Å². The van der Waals surface area contributed by atoms with Crippen LogP contribution >= 0.6 is 0 Å². The van der Waals surface area contributed by atoms with Crippen molar-refractivity contribution in [2.75, 3.05) is 0 Å². The highest BCUT2D eigenvalue weighted by Gasteiger charge is 2.11. The molecule has 1 atom stereocenters. The van der Waals surface area contributed by atoms with E-state index in [0.717, 1.165) is 12.0 Å². The lowest BCUT2D eigenvalue weighted by Crippen LogP contribution is -2.18. The third kappa shape index (κ3) is 3.43. The largest absolute Gasteiger partial charge is 0.386 e. The SMILES string of the molecule is CCC(C)(O)/C=C/c1ccccc1. The Kier molecular flexibility index (Phi) is 3.26. The predicted molar refractivity (Wildman–Crippen MR) is 56.4 cm³/mol. The molecule has 0 amide bonds. The Balaban J connectivity index is 2.69. The fraction of sp³-hybridized carbons (Fsp3) is 0.333. The van der Waals surface area contributed by atoms with Crippen molar-refractivity contribution in [3.05, 3.63) is 42.0 Å². The first-order valence-corrected chi connectivity index (χ1v) is 4.61. The quantitative estimate of drug-likeness (QED) is 0.750. The fourth-order valence-corrected chi connectivity index (χ4v) is 0.958. The summed E-state index contributed by atoms with van der Waals surface area (Å²) in [6, 6.07) is 9.99. The molecule has 1 rings (SSSR count). The first-order valence-electron chi connectivity index (χ1n) is 4.61. The molecule has 0 radical (unpaired) electrons. The molecule has 70 valence electrons. The Bertz CT molecular complexity index is 272. The van der Waals surface area contributed by atoms with Gasteiger partial charge in [-0.1, -0.05) is 49.4 Å². The van der Waals surface area contributed by atoms with Crippen LogP contribution in [0.4, 0.5) is 0 Å². The molecule has 1 aromatic rings. The zero-order chi connectivity index (χ0) is 9.73. The van der Waals surface area contributed by atoms with E-state index < -0.39 is 5.60 Å². The molecule has 0 aliphatic rings. The zero-order valence-corrected chi connectivity index (χ0v) is 8.20. The summed E-state index contributed by atoms with van der Waals surface area (Å²) in [7, 11) is 0. The molecule has 0 saturated heterocycles. The molecule has 0 saturated carbocycles. The molecule has 1 heteroatoms. The van der Waals surface area contributed by atoms with Crippen molar-refractivity contribution in [2.24, 2.45) is 0 Å². The average molecular weight is 176 g/mol. The molecular formula is C12H16O. The van der Waals surface area contributed by atoms with Gasteiger partial charge < -0.3 is 5.11 Å². The first-order chi connectivity index (χ1) is 6.14. The number of rotatable bonds is 3. The van der Waals surface area contributed by atoms with Gasteiger partial charge in [0, 0.05) is 0 Å². The standard InChI is InChI=1S/C12H16O/c1-3-12(2,13)10-9-11-7-5-4-6-8-11/h4-10,13H,3H2,1-2H3/b10-9+. The molecule has 0 aliphatic heterocycles. The van der Waals surface area contributed by atoms with Crippen LogP contribution in [0, 0.1) is 0 Å². The summed E-state index contributed by atoms with van der Waals surface area (Å²) < 4.78 is 0. The van der Waals surface area contributed by atoms with Crippen molar-refractivity contribution in [1.29, 1.82) is 0 Å². The van der Waals surface area contributed by atoms with Gasteiger partial charge in [-0.2, -0.15) is 0 Å². The topological polar surface area (TPSA) is 20.2 Å². The van der Waals surface area contributed by atoms with Gasteiger partial charge in [-0.15, -0.1) is 0 Å². The molecule has 0 bridgehead atoms. The van der Waals surface area contributed by atoms with E-state index in [4.69, 9.17) is 0 Å². The van der Waals surface area contributed by atoms with Crippen molar-refractivity contribution >= 4 is 6.08 Å². The normalized spacial score (nSPS) is 15.9. The lowest BCUT2D eigenvalue weighted by Gasteiger charge is -2.15. The van der Waals surface area contributed by atoms with Crippen LogP contribution in [0.15, 0.2) is 36.4 Å². The average Bonchev–Trinajstić information content (AvgIpc) is 2.17. The summed E-state index contributed by atoms with van der Waals surface area (Å²) in [6.07, 6.45) is 4.52. The van der Waals surface area contributed by atoms with Gasteiger partial charge >= 0.3 is 0 Å². The first kappa shape index (κ1) is 10.0. The minimum absolute atomic E-state index is 0.685. The Morgan fingerprint density at radius 1 is 1.31 bits per heavy atom. The molecule has 13 heavy (non-hydrogen) atoms. The van der Waals surface area contributed by atoms with Gasteiger partial charge in [-0.25, -0.2) is 0 Å². The van der Waals surface area contributed by atoms with Gasteiger partial charge in [-0.05, 0) is 18.9 Å². The molecule has 0 spiro atoms. The predicted octanol–water partition coefficient (Wildman–Crippen LogP) is 2.86.